The molecular weight excluding hydrogens is 304 g/mol. The third kappa shape index (κ3) is 9.74. The van der Waals surface area contributed by atoms with Crippen molar-refractivity contribution in [2.24, 2.45) is 5.92 Å². The van der Waals surface area contributed by atoms with Gasteiger partial charge < -0.3 is 9.47 Å². The minimum absolute atomic E-state index is 0.277. The Morgan fingerprint density at radius 3 is 1.62 bits per heavy atom. The van der Waals surface area contributed by atoms with E-state index in [4.69, 9.17) is 9.47 Å². The number of ether oxygens (including phenoxy) is 2. The van der Waals surface area contributed by atoms with Crippen molar-refractivity contribution in [3.05, 3.63) is 11.1 Å². The van der Waals surface area contributed by atoms with Gasteiger partial charge in [-0.3, -0.25) is 0 Å². The normalized spacial score (nSPS) is 12.1. The molecule has 0 aliphatic carbocycles. The zero-order valence-corrected chi connectivity index (χ0v) is 16.3. The summed E-state index contributed by atoms with van der Waals surface area (Å²) in [5.74, 6) is -0.422. The monoisotopic (exact) mass is 340 g/mol. The fourth-order valence-corrected chi connectivity index (χ4v) is 2.26. The van der Waals surface area contributed by atoms with Crippen LogP contribution < -0.4 is 0 Å². The van der Waals surface area contributed by atoms with Crippen LogP contribution in [0.2, 0.25) is 0 Å². The van der Waals surface area contributed by atoms with Crippen molar-refractivity contribution in [2.45, 2.75) is 86.0 Å². The van der Waals surface area contributed by atoms with Crippen LogP contribution >= 0.6 is 0 Å². The van der Waals surface area contributed by atoms with Gasteiger partial charge in [-0.25, -0.2) is 9.59 Å². The van der Waals surface area contributed by atoms with Gasteiger partial charge in [-0.05, 0) is 38.0 Å². The van der Waals surface area contributed by atoms with Crippen LogP contribution in [0.25, 0.3) is 0 Å². The quantitative estimate of drug-likeness (QED) is 0.262. The number of rotatable bonds is 13. The minimum Gasteiger partial charge on any atom is -0.462 e. The number of carbonyl (C=O) groups is 2. The Balaban J connectivity index is 5.33. The first kappa shape index (κ1) is 22.7. The SMILES string of the molecule is CCCCOC(=O)C(CCCC)=C(CC(C)C)C(=O)OCCCC. The molecule has 0 amide bonds. The lowest BCUT2D eigenvalue weighted by Crippen LogP contribution is -2.19. The molecule has 4 nitrogen and oxygen atoms in total. The summed E-state index contributed by atoms with van der Waals surface area (Å²) in [6, 6.07) is 0. The van der Waals surface area contributed by atoms with Gasteiger partial charge in [0.1, 0.15) is 0 Å². The molecule has 0 fully saturated rings. The Hall–Kier alpha value is -1.32. The molecule has 0 heterocycles. The van der Waals surface area contributed by atoms with E-state index in [1.807, 2.05) is 13.8 Å². The second-order valence-electron chi connectivity index (χ2n) is 6.64. The van der Waals surface area contributed by atoms with Gasteiger partial charge in [-0.2, -0.15) is 0 Å². The molecule has 0 spiro atoms. The Bertz CT molecular complexity index is 396. The van der Waals surface area contributed by atoms with E-state index in [1.54, 1.807) is 0 Å². The third-order valence-corrected chi connectivity index (χ3v) is 3.71. The summed E-state index contributed by atoms with van der Waals surface area (Å²) in [5, 5.41) is 0. The highest BCUT2D eigenvalue weighted by Gasteiger charge is 2.23. The van der Waals surface area contributed by atoms with E-state index in [0.29, 0.717) is 37.2 Å². The van der Waals surface area contributed by atoms with Crippen LogP contribution in [0.5, 0.6) is 0 Å². The molecule has 0 aromatic carbocycles. The number of carbonyl (C=O) groups excluding carboxylic acids is 2. The first-order valence-corrected chi connectivity index (χ1v) is 9.54. The molecule has 0 N–H and O–H groups in total. The number of hydrogen-bond acceptors (Lipinski definition) is 4. The lowest BCUT2D eigenvalue weighted by Gasteiger charge is -2.16. The van der Waals surface area contributed by atoms with Crippen LogP contribution in [0.1, 0.15) is 86.0 Å². The second-order valence-corrected chi connectivity index (χ2v) is 6.64. The molecule has 0 aromatic heterocycles. The summed E-state index contributed by atoms with van der Waals surface area (Å²) in [7, 11) is 0. The molecule has 4 heteroatoms. The van der Waals surface area contributed by atoms with Crippen molar-refractivity contribution < 1.29 is 19.1 Å². The van der Waals surface area contributed by atoms with Crippen molar-refractivity contribution >= 4 is 11.9 Å². The zero-order chi connectivity index (χ0) is 18.4. The molecule has 0 saturated carbocycles. The predicted molar refractivity (Wildman–Crippen MR) is 97.7 cm³/mol. The average Bonchev–Trinajstić information content (AvgIpc) is 2.54. The molecule has 24 heavy (non-hydrogen) atoms. The van der Waals surface area contributed by atoms with Crippen molar-refractivity contribution in [3.8, 4) is 0 Å². The van der Waals surface area contributed by atoms with E-state index >= 15 is 0 Å². The highest BCUT2D eigenvalue weighted by Crippen LogP contribution is 2.22. The Morgan fingerprint density at radius 1 is 0.750 bits per heavy atom. The summed E-state index contributed by atoms with van der Waals surface area (Å²) in [6.45, 7) is 11.1. The summed E-state index contributed by atoms with van der Waals surface area (Å²) < 4.78 is 10.8. The first-order chi connectivity index (χ1) is 11.5. The van der Waals surface area contributed by atoms with Crippen molar-refractivity contribution in [2.75, 3.05) is 13.2 Å². The molecule has 0 aromatic rings. The summed E-state index contributed by atoms with van der Waals surface area (Å²) in [6.07, 6.45) is 6.57. The first-order valence-electron chi connectivity index (χ1n) is 9.54. The van der Waals surface area contributed by atoms with Crippen LogP contribution in [0, 0.1) is 5.92 Å². The van der Waals surface area contributed by atoms with Crippen LogP contribution in [0.15, 0.2) is 11.1 Å². The fraction of sp³-hybridized carbons (Fsp3) is 0.800. The second kappa shape index (κ2) is 14.1. The number of unbranched alkanes of at least 4 members (excludes halogenated alkanes) is 3. The van der Waals surface area contributed by atoms with Gasteiger partial charge in [0.2, 0.25) is 0 Å². The molecule has 0 aliphatic rings. The van der Waals surface area contributed by atoms with Gasteiger partial charge in [0.15, 0.2) is 0 Å². The largest absolute Gasteiger partial charge is 0.462 e. The van der Waals surface area contributed by atoms with Gasteiger partial charge in [0.25, 0.3) is 0 Å². The number of hydrogen-bond donors (Lipinski definition) is 0. The van der Waals surface area contributed by atoms with Gasteiger partial charge in [0, 0.05) is 11.1 Å². The van der Waals surface area contributed by atoms with Crippen molar-refractivity contribution in [1.29, 1.82) is 0 Å². The Morgan fingerprint density at radius 2 is 1.21 bits per heavy atom. The molecule has 140 valence electrons. The summed E-state index contributed by atoms with van der Waals surface area (Å²) >= 11 is 0. The zero-order valence-electron chi connectivity index (χ0n) is 16.3. The Kier molecular flexibility index (Phi) is 13.3. The van der Waals surface area contributed by atoms with Gasteiger partial charge in [-0.1, -0.05) is 53.9 Å². The summed E-state index contributed by atoms with van der Waals surface area (Å²) in [4.78, 5) is 25.0. The number of esters is 2. The minimum atomic E-state index is -0.351. The van der Waals surface area contributed by atoms with Crippen LogP contribution in [0.4, 0.5) is 0 Å². The molecule has 0 bridgehead atoms. The smallest absolute Gasteiger partial charge is 0.334 e. The van der Waals surface area contributed by atoms with E-state index in [-0.39, 0.29) is 17.9 Å². The average molecular weight is 341 g/mol. The molecule has 0 radical (unpaired) electrons. The van der Waals surface area contributed by atoms with E-state index in [1.165, 1.54) is 0 Å². The summed E-state index contributed by atoms with van der Waals surface area (Å²) in [5.41, 5.74) is 1.03. The predicted octanol–water partition coefficient (Wildman–Crippen LogP) is 5.21. The maximum Gasteiger partial charge on any atom is 0.334 e. The van der Waals surface area contributed by atoms with E-state index < -0.39 is 0 Å². The standard InChI is InChI=1S/C20H36O4/c1-6-9-12-17(19(21)23-13-10-7-2)18(15-16(4)5)20(22)24-14-11-8-3/h16H,6-15H2,1-5H3. The highest BCUT2D eigenvalue weighted by atomic mass is 16.5. The lowest BCUT2D eigenvalue weighted by molar-refractivity contribution is -0.142. The van der Waals surface area contributed by atoms with E-state index in [9.17, 15) is 9.59 Å². The van der Waals surface area contributed by atoms with Crippen molar-refractivity contribution in [1.82, 2.24) is 0 Å². The van der Waals surface area contributed by atoms with Crippen LogP contribution in [-0.2, 0) is 19.1 Å². The molecule has 0 unspecified atom stereocenters. The molecule has 0 rings (SSSR count). The maximum atomic E-state index is 12.5. The molecular formula is C20H36O4. The Labute approximate surface area is 148 Å². The lowest BCUT2D eigenvalue weighted by atomic mass is 9.95. The third-order valence-electron chi connectivity index (χ3n) is 3.71. The molecule has 0 saturated heterocycles. The van der Waals surface area contributed by atoms with Crippen LogP contribution in [-0.4, -0.2) is 25.2 Å². The van der Waals surface area contributed by atoms with Gasteiger partial charge in [-0.15, -0.1) is 0 Å². The fourth-order valence-electron chi connectivity index (χ4n) is 2.26. The van der Waals surface area contributed by atoms with Gasteiger partial charge in [0.05, 0.1) is 13.2 Å². The molecule has 0 atom stereocenters. The van der Waals surface area contributed by atoms with Crippen molar-refractivity contribution in [3.63, 3.8) is 0 Å². The van der Waals surface area contributed by atoms with E-state index in [2.05, 4.69) is 20.8 Å². The van der Waals surface area contributed by atoms with Crippen LogP contribution in [0.3, 0.4) is 0 Å². The van der Waals surface area contributed by atoms with E-state index in [0.717, 1.165) is 38.5 Å². The molecule has 0 aliphatic heterocycles. The highest BCUT2D eigenvalue weighted by molar-refractivity contribution is 6.00. The maximum absolute atomic E-state index is 12.5. The van der Waals surface area contributed by atoms with Gasteiger partial charge >= 0.3 is 11.9 Å². The topological polar surface area (TPSA) is 52.6 Å².